The molecule has 4 nitrogen and oxygen atoms in total. The molecule has 0 saturated heterocycles. The smallest absolute Gasteiger partial charge is 0.130 e. The lowest BCUT2D eigenvalue weighted by molar-refractivity contribution is 0.605. The highest BCUT2D eigenvalue weighted by molar-refractivity contribution is 5.91. The van der Waals surface area contributed by atoms with Crippen LogP contribution in [0.4, 0.5) is 14.5 Å². The molecule has 6 heteroatoms. The molecule has 1 aromatic heterocycles. The Morgan fingerprint density at radius 1 is 1.07 bits per heavy atom. The SMILES string of the molecule is C=C(NCc1ccc(NC)cc1F)c1cccc2c1cnn2-c1ccc(F)cc1. The van der Waals surface area contributed by atoms with Crippen LogP contribution >= 0.6 is 0 Å². The first-order valence-electron chi connectivity index (χ1n) is 9.19. The van der Waals surface area contributed by atoms with E-state index in [1.54, 1.807) is 36.1 Å². The van der Waals surface area contributed by atoms with Crippen molar-refractivity contribution in [3.05, 3.63) is 96.2 Å². The van der Waals surface area contributed by atoms with Crippen LogP contribution in [0.2, 0.25) is 0 Å². The van der Waals surface area contributed by atoms with Crippen molar-refractivity contribution in [3.8, 4) is 5.69 Å². The van der Waals surface area contributed by atoms with Crippen LogP contribution in [-0.2, 0) is 6.54 Å². The highest BCUT2D eigenvalue weighted by Gasteiger charge is 2.11. The van der Waals surface area contributed by atoms with Crippen LogP contribution in [0.25, 0.3) is 22.3 Å². The molecule has 29 heavy (non-hydrogen) atoms. The molecular weight excluding hydrogens is 370 g/mol. The molecule has 0 aliphatic rings. The lowest BCUT2D eigenvalue weighted by atomic mass is 10.1. The van der Waals surface area contributed by atoms with Gasteiger partial charge in [-0.15, -0.1) is 0 Å². The molecule has 0 aliphatic heterocycles. The van der Waals surface area contributed by atoms with Gasteiger partial charge in [-0.2, -0.15) is 5.10 Å². The number of rotatable bonds is 6. The zero-order chi connectivity index (χ0) is 20.4. The van der Waals surface area contributed by atoms with Gasteiger partial charge in [-0.1, -0.05) is 24.8 Å². The molecule has 0 aliphatic carbocycles. The predicted molar refractivity (Wildman–Crippen MR) is 113 cm³/mol. The Labute approximate surface area is 167 Å². The maximum Gasteiger partial charge on any atom is 0.130 e. The molecule has 0 spiro atoms. The number of nitrogens with zero attached hydrogens (tertiary/aromatic N) is 2. The van der Waals surface area contributed by atoms with E-state index in [1.165, 1.54) is 18.2 Å². The van der Waals surface area contributed by atoms with Gasteiger partial charge < -0.3 is 10.6 Å². The number of anilines is 1. The molecule has 0 bridgehead atoms. The molecule has 4 aromatic rings. The van der Waals surface area contributed by atoms with Crippen LogP contribution in [0.15, 0.2) is 73.4 Å². The third kappa shape index (κ3) is 3.69. The fourth-order valence-corrected chi connectivity index (χ4v) is 3.25. The summed E-state index contributed by atoms with van der Waals surface area (Å²) < 4.78 is 29.2. The second kappa shape index (κ2) is 7.75. The minimum Gasteiger partial charge on any atom is -0.388 e. The van der Waals surface area contributed by atoms with E-state index in [2.05, 4.69) is 22.3 Å². The van der Waals surface area contributed by atoms with Crippen LogP contribution < -0.4 is 10.6 Å². The Hall–Kier alpha value is -3.67. The normalized spacial score (nSPS) is 10.9. The summed E-state index contributed by atoms with van der Waals surface area (Å²) in [5.41, 5.74) is 4.47. The third-order valence-corrected chi connectivity index (χ3v) is 4.84. The summed E-state index contributed by atoms with van der Waals surface area (Å²) in [6, 6.07) is 17.0. The van der Waals surface area contributed by atoms with Gasteiger partial charge in [0, 0.05) is 41.5 Å². The van der Waals surface area contributed by atoms with Crippen molar-refractivity contribution >= 4 is 22.3 Å². The van der Waals surface area contributed by atoms with Gasteiger partial charge in [0.1, 0.15) is 11.6 Å². The van der Waals surface area contributed by atoms with Crippen LogP contribution in [0.3, 0.4) is 0 Å². The van der Waals surface area contributed by atoms with Crippen molar-refractivity contribution in [1.29, 1.82) is 0 Å². The molecule has 2 N–H and O–H groups in total. The number of fused-ring (bicyclic) bond motifs is 1. The number of hydrogen-bond donors (Lipinski definition) is 2. The van der Waals surface area contributed by atoms with Crippen molar-refractivity contribution in [3.63, 3.8) is 0 Å². The lowest BCUT2D eigenvalue weighted by Crippen LogP contribution is -2.12. The zero-order valence-electron chi connectivity index (χ0n) is 15.9. The summed E-state index contributed by atoms with van der Waals surface area (Å²) in [5.74, 6) is -0.571. The van der Waals surface area contributed by atoms with Crippen LogP contribution in [0.5, 0.6) is 0 Å². The number of nitrogens with one attached hydrogen (secondary N) is 2. The minimum absolute atomic E-state index is 0.278. The average molecular weight is 390 g/mol. The molecule has 1 heterocycles. The zero-order valence-corrected chi connectivity index (χ0v) is 15.9. The second-order valence-corrected chi connectivity index (χ2v) is 6.66. The van der Waals surface area contributed by atoms with E-state index in [9.17, 15) is 8.78 Å². The van der Waals surface area contributed by atoms with Gasteiger partial charge in [0.15, 0.2) is 0 Å². The van der Waals surface area contributed by atoms with Gasteiger partial charge in [-0.25, -0.2) is 13.5 Å². The third-order valence-electron chi connectivity index (χ3n) is 4.84. The Balaban J connectivity index is 1.59. The van der Waals surface area contributed by atoms with Crippen molar-refractivity contribution in [2.75, 3.05) is 12.4 Å². The number of halogens is 2. The molecule has 0 saturated carbocycles. The fourth-order valence-electron chi connectivity index (χ4n) is 3.25. The summed E-state index contributed by atoms with van der Waals surface area (Å²) in [4.78, 5) is 0. The van der Waals surface area contributed by atoms with Crippen molar-refractivity contribution < 1.29 is 8.78 Å². The maximum absolute atomic E-state index is 14.2. The first-order valence-corrected chi connectivity index (χ1v) is 9.19. The Morgan fingerprint density at radius 3 is 2.59 bits per heavy atom. The fraction of sp³-hybridized carbons (Fsp3) is 0.0870. The Kier molecular flexibility index (Phi) is 4.99. The van der Waals surface area contributed by atoms with Crippen molar-refractivity contribution in [2.45, 2.75) is 6.54 Å². The Morgan fingerprint density at radius 2 is 1.86 bits per heavy atom. The molecule has 0 amide bonds. The quantitative estimate of drug-likeness (QED) is 0.481. The standard InChI is InChI=1S/C23H20F2N4/c1-15(27-13-16-6-9-18(26-2)12-22(16)25)20-4-3-5-23-21(20)14-28-29(23)19-10-7-17(24)8-11-19/h3-12,14,26-27H,1,13H2,2H3. The van der Waals surface area contributed by atoms with Crippen molar-refractivity contribution in [1.82, 2.24) is 15.1 Å². The van der Waals surface area contributed by atoms with Gasteiger partial charge in [0.2, 0.25) is 0 Å². The summed E-state index contributed by atoms with van der Waals surface area (Å²) in [6.07, 6.45) is 1.75. The van der Waals surface area contributed by atoms with Gasteiger partial charge in [0.25, 0.3) is 0 Å². The molecule has 146 valence electrons. The van der Waals surface area contributed by atoms with Gasteiger partial charge >= 0.3 is 0 Å². The van der Waals surface area contributed by atoms with E-state index in [0.29, 0.717) is 17.8 Å². The average Bonchev–Trinajstić information content (AvgIpc) is 3.17. The first-order chi connectivity index (χ1) is 14.1. The van der Waals surface area contributed by atoms with E-state index in [-0.39, 0.29) is 11.6 Å². The molecule has 0 radical (unpaired) electrons. The minimum atomic E-state index is -0.293. The van der Waals surface area contributed by atoms with E-state index in [1.807, 2.05) is 24.3 Å². The van der Waals surface area contributed by atoms with Gasteiger partial charge in [-0.3, -0.25) is 0 Å². The molecule has 3 aromatic carbocycles. The Bertz CT molecular complexity index is 1180. The van der Waals surface area contributed by atoms with E-state index < -0.39 is 0 Å². The topological polar surface area (TPSA) is 41.9 Å². The number of aromatic nitrogens is 2. The van der Waals surface area contributed by atoms with Crippen LogP contribution in [-0.4, -0.2) is 16.8 Å². The van der Waals surface area contributed by atoms with Gasteiger partial charge in [-0.05, 0) is 42.5 Å². The molecule has 4 rings (SSSR count). The number of benzene rings is 3. The van der Waals surface area contributed by atoms with Gasteiger partial charge in [0.05, 0.1) is 17.4 Å². The summed E-state index contributed by atoms with van der Waals surface area (Å²) in [5, 5.41) is 11.5. The molecule has 0 atom stereocenters. The van der Waals surface area contributed by atoms with E-state index in [4.69, 9.17) is 0 Å². The second-order valence-electron chi connectivity index (χ2n) is 6.66. The van der Waals surface area contributed by atoms with Crippen molar-refractivity contribution in [2.24, 2.45) is 0 Å². The summed E-state index contributed by atoms with van der Waals surface area (Å²) in [6.45, 7) is 4.43. The summed E-state index contributed by atoms with van der Waals surface area (Å²) in [7, 11) is 1.75. The lowest BCUT2D eigenvalue weighted by Gasteiger charge is -2.12. The highest BCUT2D eigenvalue weighted by atomic mass is 19.1. The number of hydrogen-bond acceptors (Lipinski definition) is 3. The maximum atomic E-state index is 14.2. The van der Waals surface area contributed by atoms with E-state index >= 15 is 0 Å². The summed E-state index contributed by atoms with van der Waals surface area (Å²) >= 11 is 0. The largest absolute Gasteiger partial charge is 0.388 e. The first kappa shape index (κ1) is 18.7. The molecule has 0 fully saturated rings. The van der Waals surface area contributed by atoms with E-state index in [0.717, 1.165) is 27.8 Å². The monoisotopic (exact) mass is 390 g/mol. The molecular formula is C23H20F2N4. The van der Waals surface area contributed by atoms with Crippen LogP contribution in [0, 0.1) is 11.6 Å². The highest BCUT2D eigenvalue weighted by Crippen LogP contribution is 2.25. The molecule has 0 unspecified atom stereocenters. The predicted octanol–water partition coefficient (Wildman–Crippen LogP) is 5.11. The van der Waals surface area contributed by atoms with Crippen LogP contribution in [0.1, 0.15) is 11.1 Å².